The fourth-order valence-corrected chi connectivity index (χ4v) is 5.92. The van der Waals surface area contributed by atoms with Gasteiger partial charge in [0, 0.05) is 18.3 Å². The van der Waals surface area contributed by atoms with Gasteiger partial charge in [-0.25, -0.2) is 31.3 Å². The Morgan fingerprint density at radius 3 is 2.38 bits per heavy atom. The Morgan fingerprint density at radius 1 is 1.06 bits per heavy atom. The van der Waals surface area contributed by atoms with Gasteiger partial charge in [-0.15, -0.1) is 0 Å². The van der Waals surface area contributed by atoms with Gasteiger partial charge in [0.2, 0.25) is 0 Å². The van der Waals surface area contributed by atoms with E-state index in [-0.39, 0.29) is 15.6 Å². The number of nitrogens with one attached hydrogen (secondary N) is 1. The van der Waals surface area contributed by atoms with Crippen LogP contribution in [0.1, 0.15) is 37.9 Å². The van der Waals surface area contributed by atoms with Crippen molar-refractivity contribution in [2.75, 3.05) is 6.54 Å². The quantitative estimate of drug-likeness (QED) is 0.522. The van der Waals surface area contributed by atoms with Crippen molar-refractivity contribution in [3.05, 3.63) is 65.5 Å². The molecule has 1 aliphatic rings. The summed E-state index contributed by atoms with van der Waals surface area (Å²) in [6.45, 7) is 3.68. The van der Waals surface area contributed by atoms with Crippen LogP contribution in [0.4, 0.5) is 0 Å². The number of carbonyl (C=O) groups excluding carboxylic acids is 1. The number of pyridine rings is 1. The lowest BCUT2D eigenvalue weighted by Gasteiger charge is -2.20. The first-order valence-corrected chi connectivity index (χ1v) is 13.1. The third-order valence-electron chi connectivity index (χ3n) is 4.90. The molecule has 0 bridgehead atoms. The molecular formula is C21H26N4O5S2. The molecule has 2 aromatic rings. The molecular weight excluding hydrogens is 452 g/mol. The van der Waals surface area contributed by atoms with E-state index < -0.39 is 32.0 Å². The number of sulfonamides is 2. The number of hydrogen-bond acceptors (Lipinski definition) is 7. The van der Waals surface area contributed by atoms with Gasteiger partial charge in [-0.3, -0.25) is 4.79 Å². The molecule has 0 unspecified atom stereocenters. The van der Waals surface area contributed by atoms with E-state index in [0.717, 1.165) is 4.31 Å². The Kier molecular flexibility index (Phi) is 7.01. The molecule has 1 aromatic carbocycles. The fraction of sp³-hybridized carbons (Fsp3) is 0.333. The minimum Gasteiger partial charge on any atom is -0.379 e. The van der Waals surface area contributed by atoms with Crippen LogP contribution in [-0.4, -0.2) is 44.6 Å². The molecule has 2 heterocycles. The summed E-state index contributed by atoms with van der Waals surface area (Å²) in [5.41, 5.74) is 1.11. The Balaban J connectivity index is 1.72. The van der Waals surface area contributed by atoms with Crippen LogP contribution in [0.25, 0.3) is 4.91 Å². The van der Waals surface area contributed by atoms with Gasteiger partial charge in [-0.2, -0.15) is 0 Å². The van der Waals surface area contributed by atoms with Crippen molar-refractivity contribution in [2.45, 2.75) is 44.2 Å². The first-order valence-electron chi connectivity index (χ1n) is 10.1. The number of nitrogens with two attached hydrogens (primary N) is 1. The average Bonchev–Trinajstić information content (AvgIpc) is 2.92. The second-order valence-corrected chi connectivity index (χ2v) is 10.9. The van der Waals surface area contributed by atoms with Gasteiger partial charge >= 0.3 is 0 Å². The van der Waals surface area contributed by atoms with Gasteiger partial charge in [0.1, 0.15) is 10.6 Å². The summed E-state index contributed by atoms with van der Waals surface area (Å²) in [6.07, 6.45) is 1.78. The van der Waals surface area contributed by atoms with Crippen LogP contribution >= 0.6 is 0 Å². The summed E-state index contributed by atoms with van der Waals surface area (Å²) in [5.74, 6) is -0.568. The van der Waals surface area contributed by atoms with E-state index in [1.54, 1.807) is 56.3 Å². The molecule has 3 N–H and O–H groups in total. The minimum absolute atomic E-state index is 0.0145. The molecule has 1 aliphatic heterocycles. The molecule has 0 atom stereocenters. The Morgan fingerprint density at radius 2 is 1.75 bits per heavy atom. The third-order valence-corrected chi connectivity index (χ3v) is 7.77. The van der Waals surface area contributed by atoms with Gasteiger partial charge in [-0.1, -0.05) is 36.4 Å². The summed E-state index contributed by atoms with van der Waals surface area (Å²) in [5, 5.41) is 7.95. The average molecular weight is 479 g/mol. The molecule has 172 valence electrons. The largest absolute Gasteiger partial charge is 0.379 e. The highest BCUT2D eigenvalue weighted by molar-refractivity contribution is 7.99. The van der Waals surface area contributed by atoms with Crippen LogP contribution in [0.5, 0.6) is 0 Å². The number of aromatic nitrogens is 1. The van der Waals surface area contributed by atoms with Crippen LogP contribution < -0.4 is 10.5 Å². The van der Waals surface area contributed by atoms with Crippen LogP contribution in [0.2, 0.25) is 0 Å². The lowest BCUT2D eigenvalue weighted by Crippen LogP contribution is -2.38. The highest BCUT2D eigenvalue weighted by Gasteiger charge is 2.45. The van der Waals surface area contributed by atoms with E-state index in [1.165, 1.54) is 6.07 Å². The lowest BCUT2D eigenvalue weighted by molar-refractivity contribution is -0.123. The van der Waals surface area contributed by atoms with Gasteiger partial charge < -0.3 is 5.32 Å². The summed E-state index contributed by atoms with van der Waals surface area (Å²) < 4.78 is 49.9. The number of carbonyl (C=O) groups is 1. The van der Waals surface area contributed by atoms with Gasteiger partial charge in [0.15, 0.2) is 5.03 Å². The van der Waals surface area contributed by atoms with Crippen LogP contribution in [0.3, 0.4) is 0 Å². The number of nitrogens with zero attached hydrogens (tertiary/aromatic N) is 2. The molecule has 0 radical (unpaired) electrons. The Bertz CT molecular complexity index is 1240. The number of unbranched alkanes of at least 4 members (excludes halogenated alkanes) is 1. The van der Waals surface area contributed by atoms with Gasteiger partial charge in [0.25, 0.3) is 26.0 Å². The van der Waals surface area contributed by atoms with E-state index in [4.69, 9.17) is 5.14 Å². The lowest BCUT2D eigenvalue weighted by atomic mass is 10.1. The molecule has 0 spiro atoms. The minimum atomic E-state index is -3.96. The molecule has 0 saturated heterocycles. The molecule has 11 heteroatoms. The summed E-state index contributed by atoms with van der Waals surface area (Å²) in [4.78, 5) is 16.9. The van der Waals surface area contributed by atoms with E-state index in [2.05, 4.69) is 10.3 Å². The van der Waals surface area contributed by atoms with Crippen molar-refractivity contribution in [3.8, 4) is 0 Å². The smallest absolute Gasteiger partial charge is 0.285 e. The predicted molar refractivity (Wildman–Crippen MR) is 121 cm³/mol. The SMILES string of the molecule is CC(C)N1C(=O)C(NCCCCc2cccc(S(N)(=O)=O)n2)=C(c2ccccc2)S1(=O)=O. The van der Waals surface area contributed by atoms with Crippen molar-refractivity contribution in [3.63, 3.8) is 0 Å². The topological polar surface area (TPSA) is 140 Å². The highest BCUT2D eigenvalue weighted by Crippen LogP contribution is 2.35. The van der Waals surface area contributed by atoms with Crippen molar-refractivity contribution in [2.24, 2.45) is 5.14 Å². The normalized spacial score (nSPS) is 16.1. The van der Waals surface area contributed by atoms with Gasteiger partial charge in [-0.05, 0) is 50.8 Å². The van der Waals surface area contributed by atoms with Gasteiger partial charge in [0.05, 0.1) is 0 Å². The Hall–Kier alpha value is -2.76. The second-order valence-electron chi connectivity index (χ2n) is 7.67. The van der Waals surface area contributed by atoms with Crippen molar-refractivity contribution < 1.29 is 21.6 Å². The maximum absolute atomic E-state index is 13.1. The number of aryl methyl sites for hydroxylation is 1. The number of primary sulfonamides is 1. The van der Waals surface area contributed by atoms with Crippen molar-refractivity contribution >= 4 is 30.9 Å². The number of benzene rings is 1. The molecule has 0 aliphatic carbocycles. The zero-order valence-electron chi connectivity index (χ0n) is 17.9. The van der Waals surface area contributed by atoms with E-state index in [0.29, 0.717) is 37.1 Å². The van der Waals surface area contributed by atoms with Crippen LogP contribution in [0, 0.1) is 0 Å². The van der Waals surface area contributed by atoms with Crippen LogP contribution in [0.15, 0.2) is 59.3 Å². The monoisotopic (exact) mass is 478 g/mol. The number of hydrogen-bond donors (Lipinski definition) is 2. The molecule has 32 heavy (non-hydrogen) atoms. The summed E-state index contributed by atoms with van der Waals surface area (Å²) >= 11 is 0. The molecule has 1 amide bonds. The first kappa shape index (κ1) is 23.9. The zero-order chi connectivity index (χ0) is 23.5. The van der Waals surface area contributed by atoms with Crippen molar-refractivity contribution in [1.82, 2.24) is 14.6 Å². The highest BCUT2D eigenvalue weighted by atomic mass is 32.2. The van der Waals surface area contributed by atoms with E-state index in [9.17, 15) is 21.6 Å². The second kappa shape index (κ2) is 9.39. The number of amides is 1. The van der Waals surface area contributed by atoms with Crippen LogP contribution in [-0.2, 0) is 31.3 Å². The van der Waals surface area contributed by atoms with E-state index in [1.807, 2.05) is 0 Å². The molecule has 9 nitrogen and oxygen atoms in total. The summed E-state index contributed by atoms with van der Waals surface area (Å²) in [7, 11) is -7.82. The number of rotatable bonds is 9. The summed E-state index contributed by atoms with van der Waals surface area (Å²) in [6, 6.07) is 12.7. The standard InChI is InChI=1S/C21H26N4O5S2/c1-15(2)25-21(26)19(20(32(25,29)30)16-9-4-3-5-10-16)23-14-7-6-11-17-12-8-13-18(24-17)31(22,27)28/h3-5,8-10,12-13,15,23H,6-7,11,14H2,1-2H3,(H2,22,27,28). The molecule has 3 rings (SSSR count). The fourth-order valence-electron chi connectivity index (χ4n) is 3.49. The van der Waals surface area contributed by atoms with E-state index >= 15 is 0 Å². The molecule has 0 fully saturated rings. The zero-order valence-corrected chi connectivity index (χ0v) is 19.5. The third kappa shape index (κ3) is 5.00. The Labute approximate surface area is 188 Å². The maximum Gasteiger partial charge on any atom is 0.285 e. The maximum atomic E-state index is 13.1. The molecule has 1 aromatic heterocycles. The molecule has 0 saturated carbocycles. The predicted octanol–water partition coefficient (Wildman–Crippen LogP) is 1.59. The first-order chi connectivity index (χ1) is 15.0. The van der Waals surface area contributed by atoms with Crippen molar-refractivity contribution in [1.29, 1.82) is 0 Å².